The van der Waals surface area contributed by atoms with Gasteiger partial charge in [-0.3, -0.25) is 4.99 Å². The Morgan fingerprint density at radius 3 is 2.40 bits per heavy atom. The lowest BCUT2D eigenvalue weighted by Gasteiger charge is -2.61. The molecule has 2 aliphatic carbocycles. The number of rotatable bonds is 8. The fraction of sp³-hybridized carbons (Fsp3) is 0.667. The number of hydrogen-bond donors (Lipinski definition) is 2. The number of guanidine groups is 1. The first kappa shape index (κ1) is 25.2. The van der Waals surface area contributed by atoms with Crippen LogP contribution in [0.5, 0.6) is 0 Å². The molecule has 1 aromatic carbocycles. The Hall–Kier alpha value is -1.07. The molecule has 0 heterocycles. The largest absolute Gasteiger partial charge is 0.411 e. The van der Waals surface area contributed by atoms with E-state index in [1.165, 1.54) is 19.3 Å². The van der Waals surface area contributed by atoms with Crippen LogP contribution in [0.25, 0.3) is 0 Å². The summed E-state index contributed by atoms with van der Waals surface area (Å²) in [6.07, 6.45) is 0.708. The van der Waals surface area contributed by atoms with E-state index >= 15 is 0 Å². The van der Waals surface area contributed by atoms with Crippen molar-refractivity contribution in [1.82, 2.24) is 10.6 Å². The summed E-state index contributed by atoms with van der Waals surface area (Å²) in [4.78, 5) is 4.33. The smallest absolute Gasteiger partial charge is 0.378 e. The third-order valence-electron chi connectivity index (χ3n) is 5.99. The van der Waals surface area contributed by atoms with Crippen LogP contribution in [0.2, 0.25) is 0 Å². The molecule has 0 saturated heterocycles. The zero-order valence-electron chi connectivity index (χ0n) is 17.4. The Labute approximate surface area is 193 Å². The average molecular weight is 541 g/mol. The van der Waals surface area contributed by atoms with Gasteiger partial charge in [0.05, 0.1) is 12.7 Å². The van der Waals surface area contributed by atoms with E-state index in [1.54, 1.807) is 19.2 Å². The van der Waals surface area contributed by atoms with Gasteiger partial charge in [-0.1, -0.05) is 30.7 Å². The van der Waals surface area contributed by atoms with E-state index in [2.05, 4.69) is 20.4 Å². The first-order valence-corrected chi connectivity index (χ1v) is 10.2. The van der Waals surface area contributed by atoms with Gasteiger partial charge in [-0.15, -0.1) is 24.0 Å². The van der Waals surface area contributed by atoms with Crippen molar-refractivity contribution < 1.29 is 22.6 Å². The van der Waals surface area contributed by atoms with E-state index in [-0.39, 0.29) is 36.0 Å². The highest BCUT2D eigenvalue weighted by Gasteiger charge is 2.59. The van der Waals surface area contributed by atoms with Crippen molar-refractivity contribution in [3.05, 3.63) is 35.4 Å². The van der Waals surface area contributed by atoms with Gasteiger partial charge < -0.3 is 20.1 Å². The molecular weight excluding hydrogens is 510 g/mol. The number of nitrogens with zero attached hydrogens (tertiary/aromatic N) is 1. The SMILES string of the molecule is CCOC1CC(NC(=NC)NCc2ccc(COCC(F)(F)F)cc2)C12CCC2.I. The highest BCUT2D eigenvalue weighted by molar-refractivity contribution is 14.0. The molecule has 2 N–H and O–H groups in total. The number of halogens is 4. The zero-order valence-corrected chi connectivity index (χ0v) is 19.8. The van der Waals surface area contributed by atoms with Crippen LogP contribution in [0.15, 0.2) is 29.3 Å². The highest BCUT2D eigenvalue weighted by Crippen LogP contribution is 2.57. The monoisotopic (exact) mass is 541 g/mol. The quantitative estimate of drug-likeness (QED) is 0.291. The van der Waals surface area contributed by atoms with E-state index < -0.39 is 12.8 Å². The number of ether oxygens (including phenoxy) is 2. The number of benzene rings is 1. The molecule has 2 aliphatic rings. The van der Waals surface area contributed by atoms with E-state index in [4.69, 9.17) is 4.74 Å². The summed E-state index contributed by atoms with van der Waals surface area (Å²) in [6.45, 7) is 2.09. The molecule has 170 valence electrons. The van der Waals surface area contributed by atoms with Gasteiger partial charge in [0.2, 0.25) is 0 Å². The van der Waals surface area contributed by atoms with Gasteiger partial charge in [-0.05, 0) is 37.3 Å². The van der Waals surface area contributed by atoms with Crippen molar-refractivity contribution in [1.29, 1.82) is 0 Å². The molecule has 0 radical (unpaired) electrons. The Bertz CT molecular complexity index is 694. The van der Waals surface area contributed by atoms with Crippen LogP contribution < -0.4 is 10.6 Å². The highest BCUT2D eigenvalue weighted by atomic mass is 127. The molecule has 0 aliphatic heterocycles. The fourth-order valence-corrected chi connectivity index (χ4v) is 4.22. The second-order valence-electron chi connectivity index (χ2n) is 7.81. The number of alkyl halides is 3. The maximum Gasteiger partial charge on any atom is 0.411 e. The fourth-order valence-electron chi connectivity index (χ4n) is 4.22. The summed E-state index contributed by atoms with van der Waals surface area (Å²) in [5, 5.41) is 6.86. The van der Waals surface area contributed by atoms with Crippen LogP contribution in [0.4, 0.5) is 13.2 Å². The minimum absolute atomic E-state index is 0. The van der Waals surface area contributed by atoms with Crippen LogP contribution in [0.3, 0.4) is 0 Å². The first-order chi connectivity index (χ1) is 13.9. The molecular formula is C21H31F3IN3O2. The molecule has 30 heavy (non-hydrogen) atoms. The maximum absolute atomic E-state index is 12.1. The Balaban J connectivity index is 0.00000320. The molecule has 3 rings (SSSR count). The lowest BCUT2D eigenvalue weighted by atomic mass is 9.51. The average Bonchev–Trinajstić information content (AvgIpc) is 2.62. The Morgan fingerprint density at radius 2 is 1.87 bits per heavy atom. The van der Waals surface area contributed by atoms with Gasteiger partial charge in [0.15, 0.2) is 5.96 Å². The molecule has 0 amide bonds. The zero-order chi connectivity index (χ0) is 20.9. The molecule has 9 heteroatoms. The minimum atomic E-state index is -4.30. The molecule has 2 saturated carbocycles. The summed E-state index contributed by atoms with van der Waals surface area (Å²) in [7, 11) is 1.75. The first-order valence-electron chi connectivity index (χ1n) is 10.2. The van der Waals surface area contributed by atoms with Crippen LogP contribution in [-0.2, 0) is 22.6 Å². The van der Waals surface area contributed by atoms with Crippen LogP contribution in [0.1, 0.15) is 43.7 Å². The molecule has 0 aromatic heterocycles. The molecule has 5 nitrogen and oxygen atoms in total. The van der Waals surface area contributed by atoms with Gasteiger partial charge in [0, 0.05) is 31.7 Å². The predicted octanol–water partition coefficient (Wildman–Crippen LogP) is 4.40. The van der Waals surface area contributed by atoms with Crippen molar-refractivity contribution in [3.63, 3.8) is 0 Å². The summed E-state index contributed by atoms with van der Waals surface area (Å²) in [5.74, 6) is 0.758. The van der Waals surface area contributed by atoms with E-state index in [9.17, 15) is 13.2 Å². The molecule has 1 aromatic rings. The summed E-state index contributed by atoms with van der Waals surface area (Å²) in [6, 6.07) is 7.71. The van der Waals surface area contributed by atoms with Crippen molar-refractivity contribution in [2.24, 2.45) is 10.4 Å². The summed E-state index contributed by atoms with van der Waals surface area (Å²) >= 11 is 0. The van der Waals surface area contributed by atoms with Gasteiger partial charge in [0.1, 0.15) is 6.61 Å². The van der Waals surface area contributed by atoms with Gasteiger partial charge in [-0.25, -0.2) is 0 Å². The minimum Gasteiger partial charge on any atom is -0.378 e. The Morgan fingerprint density at radius 1 is 1.20 bits per heavy atom. The third-order valence-corrected chi connectivity index (χ3v) is 5.99. The van der Waals surface area contributed by atoms with E-state index in [1.807, 2.05) is 19.1 Å². The molecule has 0 bridgehead atoms. The van der Waals surface area contributed by atoms with Crippen molar-refractivity contribution >= 4 is 29.9 Å². The van der Waals surface area contributed by atoms with Gasteiger partial charge >= 0.3 is 6.18 Å². The van der Waals surface area contributed by atoms with E-state index in [0.29, 0.717) is 24.3 Å². The van der Waals surface area contributed by atoms with Crippen molar-refractivity contribution in [2.45, 2.75) is 64.1 Å². The topological polar surface area (TPSA) is 54.9 Å². The van der Waals surface area contributed by atoms with Crippen molar-refractivity contribution in [2.75, 3.05) is 20.3 Å². The lowest BCUT2D eigenvalue weighted by molar-refractivity contribution is -0.176. The van der Waals surface area contributed by atoms with E-state index in [0.717, 1.165) is 24.6 Å². The second-order valence-corrected chi connectivity index (χ2v) is 7.81. The molecule has 2 unspecified atom stereocenters. The van der Waals surface area contributed by atoms with Crippen LogP contribution in [-0.4, -0.2) is 44.5 Å². The summed E-state index contributed by atoms with van der Waals surface area (Å²) in [5.41, 5.74) is 1.99. The van der Waals surface area contributed by atoms with Crippen LogP contribution in [0, 0.1) is 5.41 Å². The Kier molecular flexibility index (Phi) is 9.23. The number of hydrogen-bond acceptors (Lipinski definition) is 3. The third kappa shape index (κ3) is 6.23. The van der Waals surface area contributed by atoms with Gasteiger partial charge in [0.25, 0.3) is 0 Å². The van der Waals surface area contributed by atoms with Gasteiger partial charge in [-0.2, -0.15) is 13.2 Å². The molecule has 2 fully saturated rings. The lowest BCUT2D eigenvalue weighted by Crippen LogP contribution is -2.68. The normalized spacial score (nSPS) is 22.6. The standard InChI is InChI=1S/C21H30F3N3O2.HI/c1-3-29-18-11-17(20(18)9-4-10-20)27-19(25-2)26-12-15-5-7-16(8-6-15)13-28-14-21(22,23)24;/h5-8,17-18H,3-4,9-14H2,1-2H3,(H2,25,26,27);1H. The molecule has 2 atom stereocenters. The number of aliphatic imine (C=N–C) groups is 1. The maximum atomic E-state index is 12.1. The summed E-state index contributed by atoms with van der Waals surface area (Å²) < 4.78 is 47.0. The number of nitrogens with one attached hydrogen (secondary N) is 2. The molecule has 1 spiro atoms. The van der Waals surface area contributed by atoms with Crippen molar-refractivity contribution in [3.8, 4) is 0 Å². The second kappa shape index (κ2) is 11.0. The van der Waals surface area contributed by atoms with Crippen LogP contribution >= 0.6 is 24.0 Å². The predicted molar refractivity (Wildman–Crippen MR) is 121 cm³/mol.